The molecular weight excluding hydrogens is 278 g/mol. The Morgan fingerprint density at radius 3 is 2.73 bits per heavy atom. The van der Waals surface area contributed by atoms with Crippen molar-refractivity contribution in [3.63, 3.8) is 0 Å². The maximum Gasteiger partial charge on any atom is 0.317 e. The quantitative estimate of drug-likeness (QED) is 0.806. The van der Waals surface area contributed by atoms with Gasteiger partial charge in [0.05, 0.1) is 5.92 Å². The Labute approximate surface area is 129 Å². The number of rotatable bonds is 4. The highest BCUT2D eigenvalue weighted by atomic mass is 16.5. The molecule has 22 heavy (non-hydrogen) atoms. The van der Waals surface area contributed by atoms with Gasteiger partial charge in [-0.25, -0.2) is 0 Å². The van der Waals surface area contributed by atoms with Gasteiger partial charge < -0.3 is 9.26 Å². The molecule has 0 fully saturated rings. The first-order chi connectivity index (χ1) is 10.6. The molecule has 0 bridgehead atoms. The second kappa shape index (κ2) is 6.02. The fourth-order valence-corrected chi connectivity index (χ4v) is 2.44. The summed E-state index contributed by atoms with van der Waals surface area (Å²) in [6, 6.07) is 7.97. The lowest BCUT2D eigenvalue weighted by Crippen LogP contribution is -2.12. The summed E-state index contributed by atoms with van der Waals surface area (Å²) in [5.41, 5.74) is 4.12. The van der Waals surface area contributed by atoms with Gasteiger partial charge in [-0.05, 0) is 19.4 Å². The van der Waals surface area contributed by atoms with Crippen LogP contribution in [0.3, 0.4) is 0 Å². The van der Waals surface area contributed by atoms with Crippen molar-refractivity contribution in [1.82, 2.24) is 5.16 Å². The SMILES string of the molecule is Cc1ccc(-c2cc(COC(=O)C3C=CC=C3)on2)c(C)c1. The molecule has 0 unspecified atom stereocenters. The van der Waals surface area contributed by atoms with Crippen molar-refractivity contribution in [2.45, 2.75) is 20.5 Å². The molecule has 0 spiro atoms. The van der Waals surface area contributed by atoms with E-state index in [1.54, 1.807) is 12.2 Å². The van der Waals surface area contributed by atoms with Gasteiger partial charge >= 0.3 is 5.97 Å². The van der Waals surface area contributed by atoms with Crippen LogP contribution >= 0.6 is 0 Å². The minimum Gasteiger partial charge on any atom is -0.457 e. The van der Waals surface area contributed by atoms with E-state index in [0.717, 1.165) is 16.8 Å². The number of aromatic nitrogens is 1. The minimum absolute atomic E-state index is 0.0922. The number of hydrogen-bond acceptors (Lipinski definition) is 4. The molecule has 0 amide bonds. The molecule has 0 saturated heterocycles. The summed E-state index contributed by atoms with van der Waals surface area (Å²) in [7, 11) is 0. The molecule has 0 aliphatic heterocycles. The monoisotopic (exact) mass is 295 g/mol. The molecule has 3 rings (SSSR count). The van der Waals surface area contributed by atoms with Crippen molar-refractivity contribution < 1.29 is 14.1 Å². The third-order valence-electron chi connectivity index (χ3n) is 3.59. The van der Waals surface area contributed by atoms with E-state index in [-0.39, 0.29) is 18.5 Å². The molecule has 112 valence electrons. The maximum atomic E-state index is 11.8. The Balaban J connectivity index is 1.67. The van der Waals surface area contributed by atoms with Crippen LogP contribution in [-0.2, 0) is 16.1 Å². The number of esters is 1. The number of ether oxygens (including phenoxy) is 1. The summed E-state index contributed by atoms with van der Waals surface area (Å²) in [6.07, 6.45) is 7.25. The smallest absolute Gasteiger partial charge is 0.317 e. The van der Waals surface area contributed by atoms with E-state index in [9.17, 15) is 4.79 Å². The van der Waals surface area contributed by atoms with Gasteiger partial charge in [-0.15, -0.1) is 0 Å². The van der Waals surface area contributed by atoms with Crippen molar-refractivity contribution in [3.8, 4) is 11.3 Å². The van der Waals surface area contributed by atoms with E-state index < -0.39 is 0 Å². The second-order valence-electron chi connectivity index (χ2n) is 5.40. The summed E-state index contributed by atoms with van der Waals surface area (Å²) in [5.74, 6) is -0.0366. The normalized spacial score (nSPS) is 13.7. The summed E-state index contributed by atoms with van der Waals surface area (Å²) in [4.78, 5) is 11.8. The van der Waals surface area contributed by atoms with Gasteiger partial charge in [0.15, 0.2) is 12.4 Å². The third kappa shape index (κ3) is 3.01. The molecule has 0 N–H and O–H groups in total. The van der Waals surface area contributed by atoms with Gasteiger partial charge in [-0.1, -0.05) is 53.2 Å². The zero-order valence-electron chi connectivity index (χ0n) is 12.6. The van der Waals surface area contributed by atoms with Gasteiger partial charge in [0, 0.05) is 11.6 Å². The van der Waals surface area contributed by atoms with Crippen LogP contribution in [0, 0.1) is 19.8 Å². The summed E-state index contributed by atoms with van der Waals surface area (Å²) in [5, 5.41) is 4.06. The Kier molecular flexibility index (Phi) is 3.92. The lowest BCUT2D eigenvalue weighted by Gasteiger charge is -2.04. The van der Waals surface area contributed by atoms with E-state index in [2.05, 4.69) is 18.1 Å². The molecule has 4 heteroatoms. The van der Waals surface area contributed by atoms with Crippen LogP contribution in [0.2, 0.25) is 0 Å². The number of benzene rings is 1. The summed E-state index contributed by atoms with van der Waals surface area (Å²) >= 11 is 0. The average Bonchev–Trinajstić information content (AvgIpc) is 3.16. The van der Waals surface area contributed by atoms with Crippen molar-refractivity contribution in [2.75, 3.05) is 0 Å². The largest absolute Gasteiger partial charge is 0.457 e. The number of allylic oxidation sites excluding steroid dienone is 2. The van der Waals surface area contributed by atoms with Gasteiger partial charge in [0.2, 0.25) is 0 Å². The summed E-state index contributed by atoms with van der Waals surface area (Å²) < 4.78 is 10.5. The van der Waals surface area contributed by atoms with E-state index in [4.69, 9.17) is 9.26 Å². The Morgan fingerprint density at radius 1 is 1.23 bits per heavy atom. The fourth-order valence-electron chi connectivity index (χ4n) is 2.44. The number of aryl methyl sites for hydroxylation is 2. The van der Waals surface area contributed by atoms with Gasteiger partial charge in [-0.3, -0.25) is 4.79 Å². The molecule has 1 aliphatic rings. The van der Waals surface area contributed by atoms with Crippen LogP contribution in [0.15, 0.2) is 53.1 Å². The molecule has 2 aromatic rings. The highest BCUT2D eigenvalue weighted by Gasteiger charge is 2.17. The van der Waals surface area contributed by atoms with Crippen LogP contribution in [0.1, 0.15) is 16.9 Å². The van der Waals surface area contributed by atoms with Crippen molar-refractivity contribution >= 4 is 5.97 Å². The Bertz CT molecular complexity index is 743. The number of hydrogen-bond donors (Lipinski definition) is 0. The van der Waals surface area contributed by atoms with Crippen LogP contribution in [0.25, 0.3) is 11.3 Å². The Morgan fingerprint density at radius 2 is 2.00 bits per heavy atom. The van der Waals surface area contributed by atoms with Crippen LogP contribution in [0.5, 0.6) is 0 Å². The zero-order chi connectivity index (χ0) is 15.5. The molecule has 1 aromatic heterocycles. The molecule has 1 heterocycles. The van der Waals surface area contributed by atoms with E-state index in [1.165, 1.54) is 5.56 Å². The molecular formula is C18H17NO3. The first-order valence-corrected chi connectivity index (χ1v) is 7.18. The number of nitrogens with zero attached hydrogens (tertiary/aromatic N) is 1. The summed E-state index contributed by atoms with van der Waals surface area (Å²) in [6.45, 7) is 4.18. The number of carbonyl (C=O) groups is 1. The highest BCUT2D eigenvalue weighted by Crippen LogP contribution is 2.24. The molecule has 0 atom stereocenters. The predicted octanol–water partition coefficient (Wildman–Crippen LogP) is 3.74. The van der Waals surface area contributed by atoms with Crippen LogP contribution in [0.4, 0.5) is 0 Å². The third-order valence-corrected chi connectivity index (χ3v) is 3.59. The minimum atomic E-state index is -0.290. The Hall–Kier alpha value is -2.62. The standard InChI is InChI=1S/C18H17NO3/c1-12-7-8-16(13(2)9-12)17-10-15(22-19-17)11-21-18(20)14-5-3-4-6-14/h3-10,14H,11H2,1-2H3. The number of carbonyl (C=O) groups excluding carboxylic acids is 1. The maximum absolute atomic E-state index is 11.8. The first-order valence-electron chi connectivity index (χ1n) is 7.18. The van der Waals surface area contributed by atoms with E-state index >= 15 is 0 Å². The molecule has 4 nitrogen and oxygen atoms in total. The molecule has 1 aliphatic carbocycles. The average molecular weight is 295 g/mol. The molecule has 1 aromatic carbocycles. The molecule has 0 saturated carbocycles. The predicted molar refractivity (Wildman–Crippen MR) is 83.0 cm³/mol. The van der Waals surface area contributed by atoms with Crippen LogP contribution < -0.4 is 0 Å². The lowest BCUT2D eigenvalue weighted by molar-refractivity contribution is -0.147. The van der Waals surface area contributed by atoms with Crippen LogP contribution in [-0.4, -0.2) is 11.1 Å². The van der Waals surface area contributed by atoms with Crippen molar-refractivity contribution in [1.29, 1.82) is 0 Å². The molecule has 0 radical (unpaired) electrons. The van der Waals surface area contributed by atoms with E-state index in [1.807, 2.05) is 37.3 Å². The fraction of sp³-hybridized carbons (Fsp3) is 0.222. The first kappa shape index (κ1) is 14.3. The second-order valence-corrected chi connectivity index (χ2v) is 5.40. The van der Waals surface area contributed by atoms with E-state index in [0.29, 0.717) is 5.76 Å². The zero-order valence-corrected chi connectivity index (χ0v) is 12.6. The van der Waals surface area contributed by atoms with Gasteiger partial charge in [0.1, 0.15) is 5.69 Å². The van der Waals surface area contributed by atoms with Crippen molar-refractivity contribution in [3.05, 3.63) is 65.5 Å². The lowest BCUT2D eigenvalue weighted by atomic mass is 10.0. The highest BCUT2D eigenvalue weighted by molar-refractivity contribution is 5.77. The van der Waals surface area contributed by atoms with Gasteiger partial charge in [-0.2, -0.15) is 0 Å². The topological polar surface area (TPSA) is 52.3 Å². The van der Waals surface area contributed by atoms with Gasteiger partial charge in [0.25, 0.3) is 0 Å². The van der Waals surface area contributed by atoms with Crippen molar-refractivity contribution in [2.24, 2.45) is 5.92 Å².